The lowest BCUT2D eigenvalue weighted by atomic mass is 10.1. The van der Waals surface area contributed by atoms with Crippen LogP contribution >= 0.6 is 0 Å². The molecular formula is C18H23N5O. The Morgan fingerprint density at radius 1 is 1.33 bits per heavy atom. The number of nitrogens with one attached hydrogen (secondary N) is 2. The van der Waals surface area contributed by atoms with Crippen LogP contribution in [0.2, 0.25) is 0 Å². The highest BCUT2D eigenvalue weighted by Gasteiger charge is 2.13. The summed E-state index contributed by atoms with van der Waals surface area (Å²) in [4.78, 5) is 4.54. The Kier molecular flexibility index (Phi) is 4.96. The molecule has 6 heteroatoms. The first kappa shape index (κ1) is 16.3. The Morgan fingerprint density at radius 3 is 3.04 bits per heavy atom. The molecule has 1 aliphatic rings. The first-order valence-corrected chi connectivity index (χ1v) is 8.09. The van der Waals surface area contributed by atoms with Crippen LogP contribution in [0.1, 0.15) is 5.56 Å². The van der Waals surface area contributed by atoms with Gasteiger partial charge in [-0.25, -0.2) is 0 Å². The third-order valence-corrected chi connectivity index (χ3v) is 3.98. The number of hydrogen-bond acceptors (Lipinski definition) is 5. The van der Waals surface area contributed by atoms with Crippen molar-refractivity contribution >= 4 is 11.7 Å². The number of aromatic nitrogens is 2. The number of ether oxygens (including phenoxy) is 1. The largest absolute Gasteiger partial charge is 0.492 e. The van der Waals surface area contributed by atoms with Crippen molar-refractivity contribution in [1.29, 1.82) is 0 Å². The van der Waals surface area contributed by atoms with Crippen LogP contribution in [0.25, 0.3) is 11.1 Å². The molecule has 126 valence electrons. The zero-order chi connectivity index (χ0) is 16.9. The minimum Gasteiger partial charge on any atom is -0.492 e. The highest BCUT2D eigenvalue weighted by atomic mass is 16.5. The lowest BCUT2D eigenvalue weighted by Crippen LogP contribution is -2.24. The highest BCUT2D eigenvalue weighted by molar-refractivity contribution is 6.04. The van der Waals surface area contributed by atoms with Gasteiger partial charge in [-0.1, -0.05) is 18.7 Å². The van der Waals surface area contributed by atoms with Crippen molar-refractivity contribution in [2.24, 2.45) is 12.0 Å². The number of anilines is 1. The summed E-state index contributed by atoms with van der Waals surface area (Å²) in [5.41, 5.74) is 3.18. The molecule has 24 heavy (non-hydrogen) atoms. The summed E-state index contributed by atoms with van der Waals surface area (Å²) in [7, 11) is 1.91. The van der Waals surface area contributed by atoms with Gasteiger partial charge >= 0.3 is 0 Å². The second-order valence-electron chi connectivity index (χ2n) is 5.71. The Labute approximate surface area is 142 Å². The maximum absolute atomic E-state index is 5.92. The number of amidine groups is 1. The molecule has 2 N–H and O–H groups in total. The molecule has 0 saturated carbocycles. The van der Waals surface area contributed by atoms with Gasteiger partial charge in [0.05, 0.1) is 12.7 Å². The van der Waals surface area contributed by atoms with Gasteiger partial charge in [0.15, 0.2) is 0 Å². The Balaban J connectivity index is 2.05. The van der Waals surface area contributed by atoms with E-state index >= 15 is 0 Å². The fourth-order valence-corrected chi connectivity index (χ4v) is 2.61. The van der Waals surface area contributed by atoms with Crippen molar-refractivity contribution in [3.05, 3.63) is 42.6 Å². The average molecular weight is 325 g/mol. The van der Waals surface area contributed by atoms with E-state index in [0.717, 1.165) is 47.2 Å². The predicted molar refractivity (Wildman–Crippen MR) is 97.9 cm³/mol. The number of fused-ring (bicyclic) bond motifs is 4. The van der Waals surface area contributed by atoms with Crippen LogP contribution in [0.4, 0.5) is 5.82 Å². The zero-order valence-corrected chi connectivity index (χ0v) is 14.2. The lowest BCUT2D eigenvalue weighted by Gasteiger charge is -2.14. The molecule has 0 unspecified atom stereocenters. The smallest absolute Gasteiger partial charge is 0.137 e. The molecule has 0 saturated heterocycles. The van der Waals surface area contributed by atoms with Crippen molar-refractivity contribution in [1.82, 2.24) is 15.1 Å². The molecule has 0 atom stereocenters. The molecule has 2 aromatic rings. The van der Waals surface area contributed by atoms with Crippen LogP contribution in [0, 0.1) is 6.92 Å². The summed E-state index contributed by atoms with van der Waals surface area (Å²) in [6.07, 6.45) is 3.58. The van der Waals surface area contributed by atoms with E-state index in [9.17, 15) is 0 Å². The van der Waals surface area contributed by atoms with Crippen LogP contribution in [0.5, 0.6) is 5.75 Å². The van der Waals surface area contributed by atoms with Gasteiger partial charge in [-0.2, -0.15) is 5.10 Å². The van der Waals surface area contributed by atoms with E-state index in [2.05, 4.69) is 52.4 Å². The van der Waals surface area contributed by atoms with Gasteiger partial charge in [-0.05, 0) is 30.2 Å². The van der Waals surface area contributed by atoms with Gasteiger partial charge in [0.25, 0.3) is 0 Å². The molecule has 1 aliphatic heterocycles. The number of rotatable bonds is 1. The molecule has 0 aliphatic carbocycles. The highest BCUT2D eigenvalue weighted by Crippen LogP contribution is 2.31. The number of nitrogens with zero attached hydrogens (tertiary/aromatic N) is 3. The molecule has 6 nitrogen and oxygen atoms in total. The minimum absolute atomic E-state index is 0.625. The first-order chi connectivity index (χ1) is 11.7. The topological polar surface area (TPSA) is 63.5 Å². The van der Waals surface area contributed by atoms with Gasteiger partial charge in [0.2, 0.25) is 0 Å². The molecule has 1 aromatic heterocycles. The Morgan fingerprint density at radius 2 is 2.21 bits per heavy atom. The van der Waals surface area contributed by atoms with E-state index in [1.165, 1.54) is 0 Å². The SMILES string of the molecule is C=CC1=NCCNCCOc2cc(ccc2C)-c2cnn(C)c2N1. The molecule has 3 rings (SSSR count). The number of aliphatic imine (C=N–C) groups is 1. The summed E-state index contributed by atoms with van der Waals surface area (Å²) in [6, 6.07) is 6.22. The van der Waals surface area contributed by atoms with Crippen molar-refractivity contribution in [2.75, 3.05) is 31.6 Å². The fraction of sp³-hybridized carbons (Fsp3) is 0.333. The monoisotopic (exact) mass is 325 g/mol. The van der Waals surface area contributed by atoms with Crippen LogP contribution in [-0.2, 0) is 7.05 Å². The molecular weight excluding hydrogens is 302 g/mol. The van der Waals surface area contributed by atoms with E-state index in [-0.39, 0.29) is 0 Å². The van der Waals surface area contributed by atoms with E-state index in [0.29, 0.717) is 13.2 Å². The second-order valence-corrected chi connectivity index (χ2v) is 5.71. The van der Waals surface area contributed by atoms with E-state index in [4.69, 9.17) is 4.74 Å². The van der Waals surface area contributed by atoms with Crippen molar-refractivity contribution in [2.45, 2.75) is 6.92 Å². The predicted octanol–water partition coefficient (Wildman–Crippen LogP) is 2.37. The molecule has 0 radical (unpaired) electrons. The maximum atomic E-state index is 5.92. The van der Waals surface area contributed by atoms with E-state index in [1.807, 2.05) is 13.2 Å². The Bertz CT molecular complexity index is 763. The summed E-state index contributed by atoms with van der Waals surface area (Å²) >= 11 is 0. The zero-order valence-electron chi connectivity index (χ0n) is 14.2. The fourth-order valence-electron chi connectivity index (χ4n) is 2.61. The van der Waals surface area contributed by atoms with E-state index < -0.39 is 0 Å². The van der Waals surface area contributed by atoms with Gasteiger partial charge < -0.3 is 15.4 Å². The standard InChI is InChI=1S/C18H23N5O/c1-4-17-20-8-7-19-9-10-24-16-11-14(6-5-13(16)2)15-12-21-23(3)18(15)22-17/h4-6,11-12,19H,1,7-10H2,2-3H3,(H,20,22). The summed E-state index contributed by atoms with van der Waals surface area (Å²) in [5.74, 6) is 2.52. The van der Waals surface area contributed by atoms with Crippen molar-refractivity contribution in [3.63, 3.8) is 0 Å². The normalized spacial score (nSPS) is 15.3. The third-order valence-electron chi connectivity index (χ3n) is 3.98. The third kappa shape index (κ3) is 3.49. The number of hydrogen-bond donors (Lipinski definition) is 2. The van der Waals surface area contributed by atoms with E-state index in [1.54, 1.807) is 10.8 Å². The maximum Gasteiger partial charge on any atom is 0.137 e. The molecule has 1 aromatic carbocycles. The van der Waals surface area contributed by atoms with Gasteiger partial charge in [-0.15, -0.1) is 0 Å². The quantitative estimate of drug-likeness (QED) is 0.845. The molecule has 2 bridgehead atoms. The minimum atomic E-state index is 0.625. The van der Waals surface area contributed by atoms with Crippen molar-refractivity contribution in [3.8, 4) is 16.9 Å². The molecule has 2 heterocycles. The summed E-state index contributed by atoms with van der Waals surface area (Å²) in [6.45, 7) is 8.78. The van der Waals surface area contributed by atoms with Gasteiger partial charge in [0.1, 0.15) is 24.0 Å². The van der Waals surface area contributed by atoms with Crippen LogP contribution in [0.15, 0.2) is 42.0 Å². The summed E-state index contributed by atoms with van der Waals surface area (Å²) in [5, 5.41) is 11.0. The van der Waals surface area contributed by atoms with Gasteiger partial charge in [-0.3, -0.25) is 9.67 Å². The molecule has 0 spiro atoms. The second kappa shape index (κ2) is 7.31. The Hall–Kier alpha value is -2.60. The van der Waals surface area contributed by atoms with Crippen LogP contribution < -0.4 is 15.4 Å². The number of aryl methyl sites for hydroxylation is 2. The van der Waals surface area contributed by atoms with Crippen LogP contribution in [-0.4, -0.2) is 41.9 Å². The molecule has 0 amide bonds. The lowest BCUT2D eigenvalue weighted by molar-refractivity contribution is 0.313. The summed E-state index contributed by atoms with van der Waals surface area (Å²) < 4.78 is 7.73. The molecule has 0 fully saturated rings. The van der Waals surface area contributed by atoms with Gasteiger partial charge in [0, 0.05) is 25.7 Å². The first-order valence-electron chi connectivity index (χ1n) is 8.09. The van der Waals surface area contributed by atoms with Crippen LogP contribution in [0.3, 0.4) is 0 Å². The number of benzene rings is 1. The average Bonchev–Trinajstić information content (AvgIpc) is 2.94. The van der Waals surface area contributed by atoms with Crippen molar-refractivity contribution < 1.29 is 4.74 Å².